The topological polar surface area (TPSA) is 38.7 Å². The van der Waals surface area contributed by atoms with Crippen molar-refractivity contribution in [1.82, 2.24) is 0 Å². The van der Waals surface area contributed by atoms with Crippen molar-refractivity contribution in [3.05, 3.63) is 70.8 Å². The molecule has 0 aromatic heterocycles. The number of aliphatic imine (C=N–C) groups is 1. The molecule has 0 amide bonds. The van der Waals surface area contributed by atoms with Gasteiger partial charge in [-0.05, 0) is 24.0 Å². The van der Waals surface area contributed by atoms with Crippen LogP contribution in [0, 0.1) is 0 Å². The third kappa shape index (κ3) is 5.56. The molecule has 0 bridgehead atoms. The molecule has 25 heavy (non-hydrogen) atoms. The van der Waals surface area contributed by atoms with E-state index in [0.29, 0.717) is 19.6 Å². The lowest BCUT2D eigenvalue weighted by Gasteiger charge is -2.10. The Labute approximate surface area is 150 Å². The molecule has 2 aromatic carbocycles. The van der Waals surface area contributed by atoms with Gasteiger partial charge in [-0.1, -0.05) is 69.3 Å². The van der Waals surface area contributed by atoms with Crippen LogP contribution in [0.5, 0.6) is 0 Å². The summed E-state index contributed by atoms with van der Waals surface area (Å²) in [5.74, 6) is -0.184. The van der Waals surface area contributed by atoms with E-state index >= 15 is 0 Å². The van der Waals surface area contributed by atoms with Gasteiger partial charge in [-0.25, -0.2) is 0 Å². The third-order valence-corrected chi connectivity index (χ3v) is 4.18. The number of ether oxygens (including phenoxy) is 1. The molecule has 0 N–H and O–H groups in total. The Kier molecular flexibility index (Phi) is 7.39. The van der Waals surface area contributed by atoms with Gasteiger partial charge in [-0.2, -0.15) is 0 Å². The lowest BCUT2D eigenvalue weighted by molar-refractivity contribution is -0.142. The van der Waals surface area contributed by atoms with Gasteiger partial charge in [0.1, 0.15) is 6.61 Å². The average Bonchev–Trinajstić information content (AvgIpc) is 2.68. The van der Waals surface area contributed by atoms with Crippen LogP contribution in [0.2, 0.25) is 0 Å². The van der Waals surface area contributed by atoms with Gasteiger partial charge in [-0.15, -0.1) is 0 Å². The van der Waals surface area contributed by atoms with Crippen molar-refractivity contribution < 1.29 is 9.53 Å². The molecular weight excluding hydrogens is 310 g/mol. The van der Waals surface area contributed by atoms with Gasteiger partial charge in [0.2, 0.25) is 0 Å². The van der Waals surface area contributed by atoms with Crippen LogP contribution in [0.1, 0.15) is 49.4 Å². The number of esters is 1. The molecule has 0 fully saturated rings. The lowest BCUT2D eigenvalue weighted by Crippen LogP contribution is -2.10. The molecule has 0 heterocycles. The molecule has 0 atom stereocenters. The molecule has 0 aliphatic heterocycles. The summed E-state index contributed by atoms with van der Waals surface area (Å²) in [4.78, 5) is 16.0. The van der Waals surface area contributed by atoms with Crippen molar-refractivity contribution in [3.63, 3.8) is 0 Å². The van der Waals surface area contributed by atoms with E-state index in [4.69, 9.17) is 9.73 Å². The van der Waals surface area contributed by atoms with Gasteiger partial charge < -0.3 is 4.74 Å². The summed E-state index contributed by atoms with van der Waals surface area (Å²) < 4.78 is 5.14. The van der Waals surface area contributed by atoms with Gasteiger partial charge >= 0.3 is 5.97 Å². The van der Waals surface area contributed by atoms with E-state index in [2.05, 4.69) is 62.4 Å². The molecule has 0 unspecified atom stereocenters. The standard InChI is InChI=1S/C22H27NO2/c1-4-17-7-11-19(12-8-17)22(23-15-16-25-21(24)6-3)20-13-9-18(5-2)10-14-20/h7-14H,4-6,15-16H2,1-3H3. The van der Waals surface area contributed by atoms with E-state index in [-0.39, 0.29) is 5.97 Å². The zero-order valence-electron chi connectivity index (χ0n) is 15.4. The summed E-state index contributed by atoms with van der Waals surface area (Å²) in [7, 11) is 0. The maximum Gasteiger partial charge on any atom is 0.305 e. The lowest BCUT2D eigenvalue weighted by atomic mass is 9.99. The minimum atomic E-state index is -0.184. The minimum absolute atomic E-state index is 0.184. The highest BCUT2D eigenvalue weighted by Crippen LogP contribution is 2.14. The number of aryl methyl sites for hydroxylation is 2. The maximum absolute atomic E-state index is 11.3. The van der Waals surface area contributed by atoms with Crippen molar-refractivity contribution in [3.8, 4) is 0 Å². The molecule has 0 radical (unpaired) electrons. The van der Waals surface area contributed by atoms with E-state index in [9.17, 15) is 4.79 Å². The Hall–Kier alpha value is -2.42. The molecule has 0 aliphatic carbocycles. The molecule has 3 heteroatoms. The summed E-state index contributed by atoms with van der Waals surface area (Å²) in [6.07, 6.45) is 2.43. The zero-order valence-corrected chi connectivity index (χ0v) is 15.4. The van der Waals surface area contributed by atoms with Crippen molar-refractivity contribution in [2.45, 2.75) is 40.0 Å². The number of hydrogen-bond acceptors (Lipinski definition) is 3. The minimum Gasteiger partial charge on any atom is -0.464 e. The van der Waals surface area contributed by atoms with Crippen LogP contribution < -0.4 is 0 Å². The Morgan fingerprint density at radius 2 is 1.32 bits per heavy atom. The van der Waals surface area contributed by atoms with Crippen molar-refractivity contribution in [1.29, 1.82) is 0 Å². The summed E-state index contributed by atoms with van der Waals surface area (Å²) >= 11 is 0. The Balaban J connectivity index is 2.24. The second-order valence-corrected chi connectivity index (χ2v) is 5.91. The van der Waals surface area contributed by atoms with Gasteiger partial charge in [0, 0.05) is 17.5 Å². The van der Waals surface area contributed by atoms with Gasteiger partial charge in [0.05, 0.1) is 12.3 Å². The van der Waals surface area contributed by atoms with Crippen LogP contribution in [-0.4, -0.2) is 24.8 Å². The second kappa shape index (κ2) is 9.77. The number of nitrogens with zero attached hydrogens (tertiary/aromatic N) is 1. The van der Waals surface area contributed by atoms with E-state index in [1.165, 1.54) is 11.1 Å². The molecule has 0 spiro atoms. The average molecular weight is 337 g/mol. The number of carbonyl (C=O) groups excluding carboxylic acids is 1. The summed E-state index contributed by atoms with van der Waals surface area (Å²) in [6, 6.07) is 17.0. The maximum atomic E-state index is 11.3. The molecule has 0 aliphatic rings. The third-order valence-electron chi connectivity index (χ3n) is 4.18. The molecular formula is C22H27NO2. The molecule has 0 saturated carbocycles. The van der Waals surface area contributed by atoms with Crippen LogP contribution in [0.15, 0.2) is 53.5 Å². The van der Waals surface area contributed by atoms with Crippen LogP contribution >= 0.6 is 0 Å². The Morgan fingerprint density at radius 3 is 1.72 bits per heavy atom. The Bertz CT molecular complexity index is 650. The highest BCUT2D eigenvalue weighted by molar-refractivity contribution is 6.12. The number of carbonyl (C=O) groups is 1. The van der Waals surface area contributed by atoms with Crippen LogP contribution in [0.4, 0.5) is 0 Å². The fraction of sp³-hybridized carbons (Fsp3) is 0.364. The first-order valence-corrected chi connectivity index (χ1v) is 9.06. The first-order valence-electron chi connectivity index (χ1n) is 9.06. The molecule has 2 rings (SSSR count). The number of rotatable bonds is 8. The largest absolute Gasteiger partial charge is 0.464 e. The first-order chi connectivity index (χ1) is 12.2. The highest BCUT2D eigenvalue weighted by Gasteiger charge is 2.07. The summed E-state index contributed by atoms with van der Waals surface area (Å²) in [5.41, 5.74) is 5.73. The molecule has 2 aromatic rings. The molecule has 132 valence electrons. The van der Waals surface area contributed by atoms with Crippen LogP contribution in [0.3, 0.4) is 0 Å². The quantitative estimate of drug-likeness (QED) is 0.401. The van der Waals surface area contributed by atoms with Crippen molar-refractivity contribution in [2.75, 3.05) is 13.2 Å². The van der Waals surface area contributed by atoms with E-state index in [1.54, 1.807) is 6.92 Å². The van der Waals surface area contributed by atoms with E-state index < -0.39 is 0 Å². The fourth-order valence-electron chi connectivity index (χ4n) is 2.56. The SMILES string of the molecule is CCC(=O)OCCN=C(c1ccc(CC)cc1)c1ccc(CC)cc1. The monoisotopic (exact) mass is 337 g/mol. The smallest absolute Gasteiger partial charge is 0.305 e. The number of benzene rings is 2. The second-order valence-electron chi connectivity index (χ2n) is 5.91. The van der Waals surface area contributed by atoms with Crippen molar-refractivity contribution >= 4 is 11.7 Å². The number of hydrogen-bond donors (Lipinski definition) is 0. The van der Waals surface area contributed by atoms with Crippen LogP contribution in [-0.2, 0) is 22.4 Å². The normalized spacial score (nSPS) is 10.4. The summed E-state index contributed by atoms with van der Waals surface area (Å²) in [5, 5.41) is 0. The van der Waals surface area contributed by atoms with Gasteiger partial charge in [0.25, 0.3) is 0 Å². The Morgan fingerprint density at radius 1 is 0.840 bits per heavy atom. The van der Waals surface area contributed by atoms with E-state index in [0.717, 1.165) is 29.7 Å². The van der Waals surface area contributed by atoms with Crippen LogP contribution in [0.25, 0.3) is 0 Å². The van der Waals surface area contributed by atoms with Crippen molar-refractivity contribution in [2.24, 2.45) is 4.99 Å². The predicted molar refractivity (Wildman–Crippen MR) is 103 cm³/mol. The van der Waals surface area contributed by atoms with Gasteiger partial charge in [0.15, 0.2) is 0 Å². The van der Waals surface area contributed by atoms with Gasteiger partial charge in [-0.3, -0.25) is 9.79 Å². The predicted octanol–water partition coefficient (Wildman–Crippen LogP) is 4.60. The van der Waals surface area contributed by atoms with E-state index in [1.807, 2.05) is 0 Å². The summed E-state index contributed by atoms with van der Waals surface area (Å²) in [6.45, 7) is 6.87. The fourth-order valence-corrected chi connectivity index (χ4v) is 2.56. The zero-order chi connectivity index (χ0) is 18.1. The molecule has 3 nitrogen and oxygen atoms in total. The highest BCUT2D eigenvalue weighted by atomic mass is 16.5. The first kappa shape index (κ1) is 18.9. The molecule has 0 saturated heterocycles.